The van der Waals surface area contributed by atoms with Gasteiger partial charge in [-0.15, -0.1) is 0 Å². The number of benzene rings is 1. The third kappa shape index (κ3) is 3.43. The number of nitrogens with two attached hydrogens (primary N) is 1. The summed E-state index contributed by atoms with van der Waals surface area (Å²) in [7, 11) is 0.210. The summed E-state index contributed by atoms with van der Waals surface area (Å²) in [6.45, 7) is 0.343. The van der Waals surface area contributed by atoms with Gasteiger partial charge in [-0.2, -0.15) is 0 Å². The minimum Gasteiger partial charge on any atom is -0.496 e. The lowest BCUT2D eigenvalue weighted by Crippen LogP contribution is -2.18. The van der Waals surface area contributed by atoms with Gasteiger partial charge in [-0.3, -0.25) is 4.79 Å². The summed E-state index contributed by atoms with van der Waals surface area (Å²) >= 11 is 0. The Morgan fingerprint density at radius 3 is 2.73 bits per heavy atom. The van der Waals surface area contributed by atoms with Crippen LogP contribution in [0.5, 0.6) is 5.75 Å². The fourth-order valence-electron chi connectivity index (χ4n) is 3.33. The van der Waals surface area contributed by atoms with E-state index >= 15 is 0 Å². The normalized spacial score (nSPS) is 19.8. The molecule has 0 radical (unpaired) electrons. The van der Waals surface area contributed by atoms with Crippen LogP contribution < -0.4 is 10.5 Å². The number of fused-ring (bicyclic) bond motifs is 1. The van der Waals surface area contributed by atoms with Crippen molar-refractivity contribution in [3.63, 3.8) is 0 Å². The van der Waals surface area contributed by atoms with Crippen LogP contribution in [0.2, 0.25) is 6.32 Å². The first-order valence-corrected chi connectivity index (χ1v) is 7.46. The van der Waals surface area contributed by atoms with Gasteiger partial charge in [-0.25, -0.2) is 0 Å². The van der Waals surface area contributed by atoms with Gasteiger partial charge in [0.05, 0.1) is 13.0 Å². The quantitative estimate of drug-likeness (QED) is 0.553. The molecule has 0 heterocycles. The van der Waals surface area contributed by atoms with Crippen molar-refractivity contribution in [1.29, 1.82) is 0 Å². The number of methoxy groups -OCH3 is 1. The summed E-state index contributed by atoms with van der Waals surface area (Å²) in [6, 6.07) is 3.72. The average Bonchev–Trinajstić information content (AvgIpc) is 2.82. The van der Waals surface area contributed by atoms with Crippen molar-refractivity contribution in [2.75, 3.05) is 7.11 Å². The maximum Gasteiger partial charge on any atom is 0.451 e. The average molecular weight is 307 g/mol. The highest BCUT2D eigenvalue weighted by molar-refractivity contribution is 6.40. The van der Waals surface area contributed by atoms with Crippen LogP contribution in [0.15, 0.2) is 12.1 Å². The molecule has 2 unspecified atom stereocenters. The highest BCUT2D eigenvalue weighted by Crippen LogP contribution is 2.43. The summed E-state index contributed by atoms with van der Waals surface area (Å²) in [5.74, 6) is -0.842. The van der Waals surface area contributed by atoms with Gasteiger partial charge in [0.1, 0.15) is 5.75 Å². The van der Waals surface area contributed by atoms with Crippen molar-refractivity contribution in [1.82, 2.24) is 0 Å². The Hall–Kier alpha value is -1.57. The molecule has 0 aliphatic heterocycles. The zero-order valence-corrected chi connectivity index (χ0v) is 12.7. The Morgan fingerprint density at radius 1 is 1.45 bits per heavy atom. The van der Waals surface area contributed by atoms with E-state index in [9.17, 15) is 9.90 Å². The molecule has 0 spiro atoms. The first-order chi connectivity index (χ1) is 10.5. The van der Waals surface area contributed by atoms with Gasteiger partial charge < -0.3 is 25.6 Å². The molecule has 2 atom stereocenters. The highest BCUT2D eigenvalue weighted by Gasteiger charge is 2.38. The second-order valence-electron chi connectivity index (χ2n) is 5.76. The molecule has 1 aliphatic carbocycles. The van der Waals surface area contributed by atoms with Crippen LogP contribution in [-0.4, -0.2) is 35.4 Å². The van der Waals surface area contributed by atoms with E-state index in [0.717, 1.165) is 16.7 Å². The summed E-state index contributed by atoms with van der Waals surface area (Å²) < 4.78 is 5.30. The Bertz CT molecular complexity index is 549. The van der Waals surface area contributed by atoms with Crippen LogP contribution in [0.4, 0.5) is 0 Å². The molecule has 2 rings (SSSR count). The monoisotopic (exact) mass is 307 g/mol. The van der Waals surface area contributed by atoms with Crippen molar-refractivity contribution < 1.29 is 24.7 Å². The Balaban J connectivity index is 2.25. The number of ether oxygens (including phenoxy) is 1. The smallest absolute Gasteiger partial charge is 0.451 e. The Kier molecular flexibility index (Phi) is 5.44. The van der Waals surface area contributed by atoms with Gasteiger partial charge in [0.2, 0.25) is 0 Å². The van der Waals surface area contributed by atoms with Crippen LogP contribution >= 0.6 is 0 Å². The largest absolute Gasteiger partial charge is 0.496 e. The van der Waals surface area contributed by atoms with E-state index in [1.54, 1.807) is 13.2 Å². The summed E-state index contributed by atoms with van der Waals surface area (Å²) in [6.07, 6.45) is 2.16. The van der Waals surface area contributed by atoms with Gasteiger partial charge in [-0.05, 0) is 42.3 Å². The Labute approximate surface area is 130 Å². The minimum absolute atomic E-state index is 0.0380. The number of hydrogen-bond acceptors (Lipinski definition) is 5. The summed E-state index contributed by atoms with van der Waals surface area (Å²) in [5, 5.41) is 27.4. The molecule has 1 aromatic carbocycles. The van der Waals surface area contributed by atoms with Crippen molar-refractivity contribution in [2.45, 2.75) is 38.0 Å². The fraction of sp³-hybridized carbons (Fsp3) is 0.533. The SMILES string of the molecule is COc1cc2c(cc1CN)CC(CCCB(O)O)C2C(=O)O. The molecule has 5 N–H and O–H groups in total. The molecule has 0 fully saturated rings. The molecule has 0 saturated carbocycles. The van der Waals surface area contributed by atoms with Gasteiger partial charge >= 0.3 is 13.1 Å². The van der Waals surface area contributed by atoms with Crippen LogP contribution in [0.1, 0.15) is 35.4 Å². The van der Waals surface area contributed by atoms with E-state index in [2.05, 4.69) is 0 Å². The molecule has 0 aromatic heterocycles. The van der Waals surface area contributed by atoms with Crippen LogP contribution in [0.25, 0.3) is 0 Å². The van der Waals surface area contributed by atoms with Gasteiger partial charge in [-0.1, -0.05) is 12.5 Å². The van der Waals surface area contributed by atoms with E-state index in [0.29, 0.717) is 31.6 Å². The van der Waals surface area contributed by atoms with Crippen molar-refractivity contribution in [3.8, 4) is 5.75 Å². The van der Waals surface area contributed by atoms with E-state index in [1.165, 1.54) is 0 Å². The first kappa shape index (κ1) is 16.8. The number of rotatable bonds is 7. The molecule has 0 bridgehead atoms. The summed E-state index contributed by atoms with van der Waals surface area (Å²) in [4.78, 5) is 11.7. The van der Waals surface area contributed by atoms with E-state index in [1.807, 2.05) is 6.07 Å². The molecule has 0 saturated heterocycles. The van der Waals surface area contributed by atoms with E-state index in [-0.39, 0.29) is 12.2 Å². The number of aliphatic carboxylic acids is 1. The van der Waals surface area contributed by atoms with Gasteiger partial charge in [0.25, 0.3) is 0 Å². The lowest BCUT2D eigenvalue weighted by atomic mass is 9.80. The van der Waals surface area contributed by atoms with Crippen LogP contribution in [0.3, 0.4) is 0 Å². The molecule has 1 aliphatic rings. The number of carboxylic acid groups (broad SMARTS) is 1. The number of hydrogen-bond donors (Lipinski definition) is 4. The molecular weight excluding hydrogens is 285 g/mol. The van der Waals surface area contributed by atoms with E-state index in [4.69, 9.17) is 20.5 Å². The minimum atomic E-state index is -1.34. The maximum absolute atomic E-state index is 11.7. The van der Waals surface area contributed by atoms with Crippen molar-refractivity contribution >= 4 is 13.1 Å². The van der Waals surface area contributed by atoms with E-state index < -0.39 is 19.0 Å². The second-order valence-corrected chi connectivity index (χ2v) is 5.76. The third-order valence-corrected chi connectivity index (χ3v) is 4.35. The van der Waals surface area contributed by atoms with Crippen LogP contribution in [0, 0.1) is 5.92 Å². The molecule has 22 heavy (non-hydrogen) atoms. The highest BCUT2D eigenvalue weighted by atomic mass is 16.5. The number of carboxylic acids is 1. The van der Waals surface area contributed by atoms with Crippen molar-refractivity contribution in [2.24, 2.45) is 11.7 Å². The second kappa shape index (κ2) is 7.13. The molecule has 6 nitrogen and oxygen atoms in total. The molecular formula is C15H22BNO5. The first-order valence-electron chi connectivity index (χ1n) is 7.46. The predicted octanol–water partition coefficient (Wildman–Crippen LogP) is 0.747. The predicted molar refractivity (Wildman–Crippen MR) is 82.7 cm³/mol. The molecule has 7 heteroatoms. The fourth-order valence-corrected chi connectivity index (χ4v) is 3.33. The Morgan fingerprint density at radius 2 is 2.18 bits per heavy atom. The molecule has 0 amide bonds. The van der Waals surface area contributed by atoms with Gasteiger partial charge in [0.15, 0.2) is 0 Å². The third-order valence-electron chi connectivity index (χ3n) is 4.35. The topological polar surface area (TPSA) is 113 Å². The number of carbonyl (C=O) groups is 1. The van der Waals surface area contributed by atoms with Gasteiger partial charge in [0, 0.05) is 12.1 Å². The molecule has 120 valence electrons. The maximum atomic E-state index is 11.7. The summed E-state index contributed by atoms with van der Waals surface area (Å²) in [5.41, 5.74) is 8.37. The lowest BCUT2D eigenvalue weighted by Gasteiger charge is -2.16. The zero-order valence-electron chi connectivity index (χ0n) is 12.7. The molecule has 1 aromatic rings. The zero-order chi connectivity index (χ0) is 16.3. The lowest BCUT2D eigenvalue weighted by molar-refractivity contribution is -0.139. The van der Waals surface area contributed by atoms with Crippen LogP contribution in [-0.2, 0) is 17.8 Å². The van der Waals surface area contributed by atoms with Crippen molar-refractivity contribution in [3.05, 3.63) is 28.8 Å². The standard InChI is InChI=1S/C15H22BNO5/c1-22-13-7-12-10(6-11(13)8-17)5-9(14(12)15(18)19)3-2-4-16(20)21/h6-7,9,14,20-21H,2-5,8,17H2,1H3,(H,18,19).